The van der Waals surface area contributed by atoms with Gasteiger partial charge in [-0.3, -0.25) is 4.98 Å². The minimum atomic E-state index is -0.404. The molecule has 0 aliphatic heterocycles. The van der Waals surface area contributed by atoms with E-state index in [1.165, 1.54) is 11.6 Å². The third kappa shape index (κ3) is 2.93. The lowest BCUT2D eigenvalue weighted by Gasteiger charge is -2.12. The van der Waals surface area contributed by atoms with Crippen LogP contribution in [0.4, 0.5) is 4.39 Å². The van der Waals surface area contributed by atoms with Crippen molar-refractivity contribution in [1.29, 1.82) is 0 Å². The molecule has 2 aromatic rings. The number of benzene rings is 1. The summed E-state index contributed by atoms with van der Waals surface area (Å²) in [6.45, 7) is 2.12. The SMILES string of the molecule is CCc1ccc(CC(N)c2ncccc2F)cc1. The Hall–Kier alpha value is -1.74. The van der Waals surface area contributed by atoms with E-state index in [-0.39, 0.29) is 5.82 Å². The predicted molar refractivity (Wildman–Crippen MR) is 70.6 cm³/mol. The summed E-state index contributed by atoms with van der Waals surface area (Å²) in [4.78, 5) is 4.01. The zero-order valence-electron chi connectivity index (χ0n) is 10.4. The Bertz CT molecular complexity index is 508. The lowest BCUT2D eigenvalue weighted by atomic mass is 10.0. The van der Waals surface area contributed by atoms with Gasteiger partial charge in [-0.05, 0) is 36.1 Å². The Kier molecular flexibility index (Phi) is 4.05. The topological polar surface area (TPSA) is 38.9 Å². The molecule has 1 aromatic heterocycles. The van der Waals surface area contributed by atoms with Crippen LogP contribution >= 0.6 is 0 Å². The summed E-state index contributed by atoms with van der Waals surface area (Å²) in [7, 11) is 0. The number of halogens is 1. The molecule has 0 radical (unpaired) electrons. The number of hydrogen-bond donors (Lipinski definition) is 1. The third-order valence-corrected chi connectivity index (χ3v) is 3.02. The van der Waals surface area contributed by atoms with Gasteiger partial charge >= 0.3 is 0 Å². The van der Waals surface area contributed by atoms with Gasteiger partial charge in [-0.1, -0.05) is 31.2 Å². The van der Waals surface area contributed by atoms with Crippen LogP contribution in [0.25, 0.3) is 0 Å². The Balaban J connectivity index is 2.11. The van der Waals surface area contributed by atoms with Crippen LogP contribution in [-0.4, -0.2) is 4.98 Å². The number of nitrogens with two attached hydrogens (primary N) is 1. The molecule has 0 aliphatic rings. The van der Waals surface area contributed by atoms with Gasteiger partial charge in [-0.2, -0.15) is 0 Å². The van der Waals surface area contributed by atoms with Gasteiger partial charge < -0.3 is 5.73 Å². The number of aryl methyl sites for hydroxylation is 1. The quantitative estimate of drug-likeness (QED) is 0.897. The van der Waals surface area contributed by atoms with E-state index in [2.05, 4.69) is 24.0 Å². The Morgan fingerprint density at radius 1 is 1.17 bits per heavy atom. The monoisotopic (exact) mass is 244 g/mol. The highest BCUT2D eigenvalue weighted by Crippen LogP contribution is 2.17. The fourth-order valence-corrected chi connectivity index (χ4v) is 1.93. The highest BCUT2D eigenvalue weighted by molar-refractivity contribution is 5.24. The number of rotatable bonds is 4. The molecule has 0 amide bonds. The van der Waals surface area contributed by atoms with Gasteiger partial charge in [-0.25, -0.2) is 4.39 Å². The van der Waals surface area contributed by atoms with Crippen molar-refractivity contribution in [3.8, 4) is 0 Å². The van der Waals surface area contributed by atoms with Crippen LogP contribution in [-0.2, 0) is 12.8 Å². The molecule has 0 saturated carbocycles. The fraction of sp³-hybridized carbons (Fsp3) is 0.267. The van der Waals surface area contributed by atoms with E-state index in [0.717, 1.165) is 12.0 Å². The minimum absolute atomic E-state index is 0.331. The zero-order chi connectivity index (χ0) is 13.0. The molecule has 18 heavy (non-hydrogen) atoms. The van der Waals surface area contributed by atoms with Gasteiger partial charge in [-0.15, -0.1) is 0 Å². The molecule has 3 heteroatoms. The van der Waals surface area contributed by atoms with E-state index < -0.39 is 6.04 Å². The van der Waals surface area contributed by atoms with Gasteiger partial charge in [0.25, 0.3) is 0 Å². The van der Waals surface area contributed by atoms with Crippen LogP contribution in [0.2, 0.25) is 0 Å². The zero-order valence-corrected chi connectivity index (χ0v) is 10.4. The van der Waals surface area contributed by atoms with Crippen molar-refractivity contribution < 1.29 is 4.39 Å². The molecule has 0 saturated heterocycles. The van der Waals surface area contributed by atoms with Crippen LogP contribution in [0.3, 0.4) is 0 Å². The van der Waals surface area contributed by atoms with Crippen molar-refractivity contribution in [2.75, 3.05) is 0 Å². The molecular formula is C15H17FN2. The van der Waals surface area contributed by atoms with E-state index in [4.69, 9.17) is 5.73 Å². The van der Waals surface area contributed by atoms with Crippen LogP contribution in [0, 0.1) is 5.82 Å². The summed E-state index contributed by atoms with van der Waals surface area (Å²) < 4.78 is 13.5. The molecule has 0 bridgehead atoms. The maximum absolute atomic E-state index is 13.5. The van der Waals surface area contributed by atoms with Crippen molar-refractivity contribution in [2.24, 2.45) is 5.73 Å². The highest BCUT2D eigenvalue weighted by Gasteiger charge is 2.12. The van der Waals surface area contributed by atoms with E-state index in [1.54, 1.807) is 12.3 Å². The lowest BCUT2D eigenvalue weighted by molar-refractivity contribution is 0.564. The van der Waals surface area contributed by atoms with Crippen LogP contribution in [0.15, 0.2) is 42.6 Å². The average Bonchev–Trinajstić information content (AvgIpc) is 2.40. The van der Waals surface area contributed by atoms with E-state index >= 15 is 0 Å². The third-order valence-electron chi connectivity index (χ3n) is 3.02. The summed E-state index contributed by atoms with van der Waals surface area (Å²) in [6, 6.07) is 10.8. The molecule has 94 valence electrons. The van der Waals surface area contributed by atoms with Crippen molar-refractivity contribution in [1.82, 2.24) is 4.98 Å². The maximum Gasteiger partial charge on any atom is 0.146 e. The first-order valence-corrected chi connectivity index (χ1v) is 6.14. The summed E-state index contributed by atoms with van der Waals surface area (Å²) in [5.74, 6) is -0.338. The summed E-state index contributed by atoms with van der Waals surface area (Å²) in [6.07, 6.45) is 3.18. The van der Waals surface area contributed by atoms with Gasteiger partial charge in [0.1, 0.15) is 5.82 Å². The van der Waals surface area contributed by atoms with Crippen LogP contribution in [0.1, 0.15) is 29.8 Å². The Labute approximate surface area is 107 Å². The molecule has 0 spiro atoms. The Morgan fingerprint density at radius 3 is 2.44 bits per heavy atom. The van der Waals surface area contributed by atoms with Crippen LogP contribution < -0.4 is 5.73 Å². The molecular weight excluding hydrogens is 227 g/mol. The largest absolute Gasteiger partial charge is 0.322 e. The number of aromatic nitrogens is 1. The van der Waals surface area contributed by atoms with Crippen LogP contribution in [0.5, 0.6) is 0 Å². The molecule has 1 unspecified atom stereocenters. The first kappa shape index (κ1) is 12.7. The average molecular weight is 244 g/mol. The second kappa shape index (κ2) is 5.74. The highest BCUT2D eigenvalue weighted by atomic mass is 19.1. The lowest BCUT2D eigenvalue weighted by Crippen LogP contribution is -2.16. The molecule has 1 heterocycles. The smallest absolute Gasteiger partial charge is 0.146 e. The maximum atomic E-state index is 13.5. The molecule has 1 atom stereocenters. The number of hydrogen-bond acceptors (Lipinski definition) is 2. The predicted octanol–water partition coefficient (Wildman–Crippen LogP) is 3.03. The van der Waals surface area contributed by atoms with Crippen molar-refractivity contribution in [2.45, 2.75) is 25.8 Å². The van der Waals surface area contributed by atoms with Gasteiger partial charge in [0.05, 0.1) is 11.7 Å². The van der Waals surface area contributed by atoms with E-state index in [9.17, 15) is 4.39 Å². The van der Waals surface area contributed by atoms with E-state index in [0.29, 0.717) is 12.1 Å². The van der Waals surface area contributed by atoms with Crippen molar-refractivity contribution >= 4 is 0 Å². The molecule has 2 nitrogen and oxygen atoms in total. The van der Waals surface area contributed by atoms with Gasteiger partial charge in [0, 0.05) is 6.20 Å². The minimum Gasteiger partial charge on any atom is -0.322 e. The molecule has 2 N–H and O–H groups in total. The second-order valence-corrected chi connectivity index (χ2v) is 4.35. The summed E-state index contributed by atoms with van der Waals surface area (Å²) in [5, 5.41) is 0. The number of pyridine rings is 1. The van der Waals surface area contributed by atoms with Crippen molar-refractivity contribution in [3.05, 3.63) is 65.2 Å². The van der Waals surface area contributed by atoms with Gasteiger partial charge in [0.2, 0.25) is 0 Å². The molecule has 0 aliphatic carbocycles. The molecule has 1 aromatic carbocycles. The Morgan fingerprint density at radius 2 is 1.83 bits per heavy atom. The normalized spacial score (nSPS) is 12.4. The standard InChI is InChI=1S/C15H17FN2/c1-2-11-5-7-12(8-6-11)10-14(17)15-13(16)4-3-9-18-15/h3-9,14H,2,10,17H2,1H3. The van der Waals surface area contributed by atoms with Gasteiger partial charge in [0.15, 0.2) is 0 Å². The van der Waals surface area contributed by atoms with Crippen molar-refractivity contribution in [3.63, 3.8) is 0 Å². The molecule has 2 rings (SSSR count). The summed E-state index contributed by atoms with van der Waals surface area (Å²) in [5.41, 5.74) is 8.72. The first-order chi connectivity index (χ1) is 8.70. The fourth-order valence-electron chi connectivity index (χ4n) is 1.93. The first-order valence-electron chi connectivity index (χ1n) is 6.14. The molecule has 0 fully saturated rings. The number of nitrogens with zero attached hydrogens (tertiary/aromatic N) is 1. The van der Waals surface area contributed by atoms with E-state index in [1.807, 2.05) is 12.1 Å². The second-order valence-electron chi connectivity index (χ2n) is 4.35. The summed E-state index contributed by atoms with van der Waals surface area (Å²) >= 11 is 0.